The molecule has 1 saturated heterocycles. The zero-order chi connectivity index (χ0) is 13.9. The number of benzene rings is 1. The van der Waals surface area contributed by atoms with Crippen molar-refractivity contribution in [2.24, 2.45) is 0 Å². The topological polar surface area (TPSA) is 45.3 Å². The highest BCUT2D eigenvalue weighted by Crippen LogP contribution is 2.24. The number of amides is 1. The molecule has 5 heteroatoms. The first-order chi connectivity index (χ1) is 9.74. The van der Waals surface area contributed by atoms with E-state index in [9.17, 15) is 4.79 Å². The third-order valence-corrected chi connectivity index (χ3v) is 3.69. The second-order valence-corrected chi connectivity index (χ2v) is 5.20. The third kappa shape index (κ3) is 2.71. The molecule has 1 aromatic carbocycles. The standard InChI is InChI=1S/C15H15ClN2O2/c16-13-3-1-11(2-4-13)14-10-18(7-8-20-14)15(19)12-5-6-17-9-12/h1-6,9,14,17H,7-8,10H2/t14-/m0/s1. The van der Waals surface area contributed by atoms with Crippen LogP contribution in [0.2, 0.25) is 5.02 Å². The molecule has 1 aliphatic rings. The molecule has 104 valence electrons. The van der Waals surface area contributed by atoms with Crippen LogP contribution in [0.3, 0.4) is 0 Å². The van der Waals surface area contributed by atoms with Crippen LogP contribution in [0.25, 0.3) is 0 Å². The van der Waals surface area contributed by atoms with Crippen molar-refractivity contribution in [3.05, 3.63) is 58.9 Å². The first-order valence-electron chi connectivity index (χ1n) is 6.53. The highest BCUT2D eigenvalue weighted by Gasteiger charge is 2.26. The van der Waals surface area contributed by atoms with Crippen molar-refractivity contribution in [2.75, 3.05) is 19.7 Å². The molecular formula is C15H15ClN2O2. The average molecular weight is 291 g/mol. The summed E-state index contributed by atoms with van der Waals surface area (Å²) in [5, 5.41) is 0.699. The number of nitrogens with zero attached hydrogens (tertiary/aromatic N) is 1. The maximum Gasteiger partial charge on any atom is 0.255 e. The quantitative estimate of drug-likeness (QED) is 0.924. The summed E-state index contributed by atoms with van der Waals surface area (Å²) in [6, 6.07) is 9.35. The number of aromatic nitrogens is 1. The van der Waals surface area contributed by atoms with Crippen LogP contribution in [0.15, 0.2) is 42.7 Å². The largest absolute Gasteiger partial charge is 0.370 e. The van der Waals surface area contributed by atoms with E-state index in [0.717, 1.165) is 5.56 Å². The molecular weight excluding hydrogens is 276 g/mol. The molecule has 0 bridgehead atoms. The third-order valence-electron chi connectivity index (χ3n) is 3.44. The van der Waals surface area contributed by atoms with Crippen LogP contribution >= 0.6 is 11.6 Å². The lowest BCUT2D eigenvalue weighted by Crippen LogP contribution is -2.42. The molecule has 3 rings (SSSR count). The lowest BCUT2D eigenvalue weighted by molar-refractivity contribution is -0.0228. The number of rotatable bonds is 2. The van der Waals surface area contributed by atoms with Gasteiger partial charge in [-0.05, 0) is 23.8 Å². The molecule has 0 unspecified atom stereocenters. The molecule has 1 aromatic heterocycles. The highest BCUT2D eigenvalue weighted by atomic mass is 35.5. The molecule has 0 spiro atoms. The van der Waals surface area contributed by atoms with Gasteiger partial charge in [-0.2, -0.15) is 0 Å². The molecule has 1 fully saturated rings. The maximum absolute atomic E-state index is 12.3. The predicted molar refractivity (Wildman–Crippen MR) is 76.8 cm³/mol. The fourth-order valence-electron chi connectivity index (χ4n) is 2.35. The Hall–Kier alpha value is -1.78. The van der Waals surface area contributed by atoms with Gasteiger partial charge in [0.2, 0.25) is 0 Å². The zero-order valence-corrected chi connectivity index (χ0v) is 11.6. The van der Waals surface area contributed by atoms with E-state index in [1.165, 1.54) is 0 Å². The van der Waals surface area contributed by atoms with Crippen molar-refractivity contribution in [3.8, 4) is 0 Å². The first-order valence-corrected chi connectivity index (χ1v) is 6.91. The van der Waals surface area contributed by atoms with E-state index in [-0.39, 0.29) is 12.0 Å². The normalized spacial score (nSPS) is 19.1. The Balaban J connectivity index is 1.73. The van der Waals surface area contributed by atoms with Crippen LogP contribution in [-0.2, 0) is 4.74 Å². The summed E-state index contributed by atoms with van der Waals surface area (Å²) in [4.78, 5) is 17.1. The summed E-state index contributed by atoms with van der Waals surface area (Å²) in [7, 11) is 0. The van der Waals surface area contributed by atoms with Gasteiger partial charge in [0.15, 0.2) is 0 Å². The number of hydrogen-bond acceptors (Lipinski definition) is 2. The van der Waals surface area contributed by atoms with E-state index in [1.807, 2.05) is 29.2 Å². The van der Waals surface area contributed by atoms with Gasteiger partial charge >= 0.3 is 0 Å². The van der Waals surface area contributed by atoms with Gasteiger partial charge in [0.25, 0.3) is 5.91 Å². The van der Waals surface area contributed by atoms with E-state index >= 15 is 0 Å². The van der Waals surface area contributed by atoms with E-state index < -0.39 is 0 Å². The fourth-order valence-corrected chi connectivity index (χ4v) is 2.48. The molecule has 1 atom stereocenters. The molecule has 20 heavy (non-hydrogen) atoms. The SMILES string of the molecule is O=C(c1cc[nH]c1)N1CCO[C@H](c2ccc(Cl)cc2)C1. The summed E-state index contributed by atoms with van der Waals surface area (Å²) in [6.07, 6.45) is 3.38. The monoisotopic (exact) mass is 290 g/mol. The Morgan fingerprint density at radius 3 is 2.80 bits per heavy atom. The lowest BCUT2D eigenvalue weighted by atomic mass is 10.1. The zero-order valence-electron chi connectivity index (χ0n) is 10.9. The minimum Gasteiger partial charge on any atom is -0.370 e. The molecule has 0 aliphatic carbocycles. The molecule has 1 aliphatic heterocycles. The van der Waals surface area contributed by atoms with Gasteiger partial charge in [0.05, 0.1) is 18.7 Å². The van der Waals surface area contributed by atoms with Crippen LogP contribution in [0.5, 0.6) is 0 Å². The van der Waals surface area contributed by atoms with Gasteiger partial charge in [0.1, 0.15) is 6.10 Å². The lowest BCUT2D eigenvalue weighted by Gasteiger charge is -2.33. The van der Waals surface area contributed by atoms with E-state index in [4.69, 9.17) is 16.3 Å². The summed E-state index contributed by atoms with van der Waals surface area (Å²) < 4.78 is 5.76. The van der Waals surface area contributed by atoms with Crippen molar-refractivity contribution in [3.63, 3.8) is 0 Å². The summed E-state index contributed by atoms with van der Waals surface area (Å²) in [6.45, 7) is 1.73. The molecule has 2 aromatic rings. The Bertz CT molecular complexity index is 580. The average Bonchev–Trinajstić information content (AvgIpc) is 3.01. The summed E-state index contributed by atoms with van der Waals surface area (Å²) in [5.41, 5.74) is 1.72. The highest BCUT2D eigenvalue weighted by molar-refractivity contribution is 6.30. The summed E-state index contributed by atoms with van der Waals surface area (Å²) >= 11 is 5.89. The van der Waals surface area contributed by atoms with Gasteiger partial charge in [-0.15, -0.1) is 0 Å². The van der Waals surface area contributed by atoms with Gasteiger partial charge in [-0.1, -0.05) is 23.7 Å². The minimum absolute atomic E-state index is 0.0357. The molecule has 4 nitrogen and oxygen atoms in total. The number of carbonyl (C=O) groups excluding carboxylic acids is 1. The number of ether oxygens (including phenoxy) is 1. The van der Waals surface area contributed by atoms with E-state index in [0.29, 0.717) is 30.3 Å². The Kier molecular flexibility index (Phi) is 3.76. The maximum atomic E-state index is 12.3. The Morgan fingerprint density at radius 2 is 2.10 bits per heavy atom. The van der Waals surface area contributed by atoms with Crippen LogP contribution in [-0.4, -0.2) is 35.5 Å². The van der Waals surface area contributed by atoms with E-state index in [2.05, 4.69) is 4.98 Å². The summed E-state index contributed by atoms with van der Waals surface area (Å²) in [5.74, 6) is 0.0357. The fraction of sp³-hybridized carbons (Fsp3) is 0.267. The molecule has 0 radical (unpaired) electrons. The van der Waals surface area contributed by atoms with Crippen molar-refractivity contribution >= 4 is 17.5 Å². The minimum atomic E-state index is -0.0936. The van der Waals surface area contributed by atoms with Gasteiger partial charge < -0.3 is 14.6 Å². The molecule has 1 amide bonds. The van der Waals surface area contributed by atoms with Crippen LogP contribution in [0.1, 0.15) is 22.0 Å². The molecule has 1 N–H and O–H groups in total. The smallest absolute Gasteiger partial charge is 0.255 e. The number of morpholine rings is 1. The van der Waals surface area contributed by atoms with Crippen molar-refractivity contribution in [1.29, 1.82) is 0 Å². The number of hydrogen-bond donors (Lipinski definition) is 1. The van der Waals surface area contributed by atoms with Gasteiger partial charge in [-0.3, -0.25) is 4.79 Å². The predicted octanol–water partition coefficient (Wildman–Crippen LogP) is 2.88. The number of nitrogens with one attached hydrogen (secondary N) is 1. The Labute approximate surface area is 122 Å². The number of halogens is 1. The number of carbonyl (C=O) groups is 1. The van der Waals surface area contributed by atoms with Gasteiger partial charge in [0, 0.05) is 24.0 Å². The first kappa shape index (κ1) is 13.2. The second-order valence-electron chi connectivity index (χ2n) is 4.76. The Morgan fingerprint density at radius 1 is 1.30 bits per heavy atom. The van der Waals surface area contributed by atoms with Crippen molar-refractivity contribution in [1.82, 2.24) is 9.88 Å². The number of aromatic amines is 1. The molecule has 0 saturated carbocycles. The van der Waals surface area contributed by atoms with Crippen LogP contribution < -0.4 is 0 Å². The molecule has 2 heterocycles. The van der Waals surface area contributed by atoms with E-state index in [1.54, 1.807) is 18.5 Å². The van der Waals surface area contributed by atoms with Crippen molar-refractivity contribution in [2.45, 2.75) is 6.10 Å². The second kappa shape index (κ2) is 5.69. The van der Waals surface area contributed by atoms with Crippen LogP contribution in [0.4, 0.5) is 0 Å². The van der Waals surface area contributed by atoms with Gasteiger partial charge in [-0.25, -0.2) is 0 Å². The number of H-pyrrole nitrogens is 1. The van der Waals surface area contributed by atoms with Crippen molar-refractivity contribution < 1.29 is 9.53 Å². The van der Waals surface area contributed by atoms with Crippen LogP contribution in [0, 0.1) is 0 Å².